The molecular weight excluding hydrogens is 266 g/mol. The van der Waals surface area contributed by atoms with Gasteiger partial charge in [0.25, 0.3) is 0 Å². The molecule has 8 heteroatoms. The first-order chi connectivity index (χ1) is 9.56. The highest BCUT2D eigenvalue weighted by Crippen LogP contribution is 2.09. The van der Waals surface area contributed by atoms with Crippen molar-refractivity contribution in [2.24, 2.45) is 0 Å². The number of carbonyl (C=O) groups excluding carboxylic acids is 1. The molecule has 1 N–H and O–H groups in total. The number of amides is 1. The van der Waals surface area contributed by atoms with Crippen LogP contribution < -0.4 is 5.69 Å². The monoisotopic (exact) mass is 281 g/mol. The number of carboxylic acid groups (broad SMARTS) is 1. The molecule has 1 aromatic heterocycles. The second-order valence-electron chi connectivity index (χ2n) is 4.46. The van der Waals surface area contributed by atoms with Gasteiger partial charge in [-0.2, -0.15) is 0 Å². The number of hydrogen-bond acceptors (Lipinski definition) is 5. The van der Waals surface area contributed by atoms with E-state index < -0.39 is 17.8 Å². The zero-order valence-electron chi connectivity index (χ0n) is 10.8. The van der Waals surface area contributed by atoms with E-state index in [4.69, 9.17) is 9.84 Å². The lowest BCUT2D eigenvalue weighted by Gasteiger charge is -2.32. The molecule has 0 bridgehead atoms. The summed E-state index contributed by atoms with van der Waals surface area (Å²) in [5.41, 5.74) is -0.490. The summed E-state index contributed by atoms with van der Waals surface area (Å²) in [7, 11) is 0. The van der Waals surface area contributed by atoms with Crippen molar-refractivity contribution in [1.82, 2.24) is 14.5 Å². The van der Waals surface area contributed by atoms with Crippen LogP contribution in [-0.2, 0) is 20.9 Å². The van der Waals surface area contributed by atoms with E-state index in [0.717, 1.165) is 0 Å². The Balaban J connectivity index is 1.97. The molecule has 1 aromatic rings. The third kappa shape index (κ3) is 3.64. The van der Waals surface area contributed by atoms with E-state index in [2.05, 4.69) is 4.98 Å². The van der Waals surface area contributed by atoms with Crippen molar-refractivity contribution in [2.75, 3.05) is 19.7 Å². The Hall–Kier alpha value is -2.22. The van der Waals surface area contributed by atoms with Crippen LogP contribution in [0.3, 0.4) is 0 Å². The third-order valence-corrected chi connectivity index (χ3v) is 2.98. The van der Waals surface area contributed by atoms with Crippen LogP contribution in [0.4, 0.5) is 0 Å². The zero-order chi connectivity index (χ0) is 14.5. The number of carboxylic acids is 1. The molecule has 8 nitrogen and oxygen atoms in total. The number of carbonyl (C=O) groups is 2. The van der Waals surface area contributed by atoms with Crippen LogP contribution in [0.2, 0.25) is 0 Å². The van der Waals surface area contributed by atoms with Gasteiger partial charge < -0.3 is 14.7 Å². The van der Waals surface area contributed by atoms with Gasteiger partial charge in [0.1, 0.15) is 6.54 Å². The fourth-order valence-electron chi connectivity index (χ4n) is 2.02. The molecule has 2 rings (SSSR count). The molecule has 1 amide bonds. The molecular formula is C12H15N3O5. The average molecular weight is 281 g/mol. The van der Waals surface area contributed by atoms with E-state index in [0.29, 0.717) is 13.2 Å². The Morgan fingerprint density at radius 3 is 3.00 bits per heavy atom. The van der Waals surface area contributed by atoms with Gasteiger partial charge in [-0.1, -0.05) is 0 Å². The van der Waals surface area contributed by atoms with Crippen LogP contribution in [0.15, 0.2) is 23.3 Å². The van der Waals surface area contributed by atoms with Crippen molar-refractivity contribution < 1.29 is 19.4 Å². The number of aliphatic carboxylic acids is 1. The quantitative estimate of drug-likeness (QED) is 0.755. The van der Waals surface area contributed by atoms with Crippen LogP contribution >= 0.6 is 0 Å². The number of nitrogens with zero attached hydrogens (tertiary/aromatic N) is 3. The summed E-state index contributed by atoms with van der Waals surface area (Å²) in [6.07, 6.45) is 2.20. The van der Waals surface area contributed by atoms with E-state index in [9.17, 15) is 14.4 Å². The molecule has 0 aromatic carbocycles. The highest BCUT2D eigenvalue weighted by atomic mass is 16.5. The maximum absolute atomic E-state index is 12.1. The molecule has 0 spiro atoms. The zero-order valence-corrected chi connectivity index (χ0v) is 10.8. The SMILES string of the molecule is O=C(O)CC1CN(C(=O)Cn2cccnc2=O)CCO1. The first-order valence-corrected chi connectivity index (χ1v) is 6.19. The molecule has 20 heavy (non-hydrogen) atoms. The molecule has 1 unspecified atom stereocenters. The Bertz CT molecular complexity index is 556. The lowest BCUT2D eigenvalue weighted by Crippen LogP contribution is -2.48. The molecule has 1 fully saturated rings. The summed E-state index contributed by atoms with van der Waals surface area (Å²) in [6, 6.07) is 1.57. The summed E-state index contributed by atoms with van der Waals surface area (Å²) in [6.45, 7) is 0.808. The minimum absolute atomic E-state index is 0.105. The van der Waals surface area contributed by atoms with Crippen molar-refractivity contribution in [2.45, 2.75) is 19.1 Å². The van der Waals surface area contributed by atoms with Gasteiger partial charge in [-0.05, 0) is 6.07 Å². The maximum Gasteiger partial charge on any atom is 0.347 e. The molecule has 0 saturated carbocycles. The maximum atomic E-state index is 12.1. The fraction of sp³-hybridized carbons (Fsp3) is 0.500. The highest BCUT2D eigenvalue weighted by Gasteiger charge is 2.26. The molecule has 2 heterocycles. The summed E-state index contributed by atoms with van der Waals surface area (Å²) in [5.74, 6) is -1.22. The van der Waals surface area contributed by atoms with E-state index >= 15 is 0 Å². The Morgan fingerprint density at radius 1 is 1.50 bits per heavy atom. The van der Waals surface area contributed by atoms with E-state index in [-0.39, 0.29) is 25.4 Å². The van der Waals surface area contributed by atoms with Gasteiger partial charge in [0.05, 0.1) is 19.1 Å². The minimum Gasteiger partial charge on any atom is -0.481 e. The van der Waals surface area contributed by atoms with Crippen molar-refractivity contribution in [1.29, 1.82) is 0 Å². The van der Waals surface area contributed by atoms with Crippen molar-refractivity contribution >= 4 is 11.9 Å². The number of hydrogen-bond donors (Lipinski definition) is 1. The Morgan fingerprint density at radius 2 is 2.30 bits per heavy atom. The van der Waals surface area contributed by atoms with Crippen molar-refractivity contribution in [3.05, 3.63) is 28.9 Å². The van der Waals surface area contributed by atoms with E-state index in [1.54, 1.807) is 6.07 Å². The summed E-state index contributed by atoms with van der Waals surface area (Å²) < 4.78 is 6.50. The standard InChI is InChI=1S/C12H15N3O5/c16-10(8-15-3-1-2-13-12(15)19)14-4-5-20-9(7-14)6-11(17)18/h1-3,9H,4-8H2,(H,17,18). The second-order valence-corrected chi connectivity index (χ2v) is 4.46. The topological polar surface area (TPSA) is 102 Å². The first-order valence-electron chi connectivity index (χ1n) is 6.19. The number of ether oxygens (including phenoxy) is 1. The number of aromatic nitrogens is 2. The highest BCUT2D eigenvalue weighted by molar-refractivity contribution is 5.76. The summed E-state index contributed by atoms with van der Waals surface area (Å²) in [4.78, 5) is 39.2. The van der Waals surface area contributed by atoms with Crippen LogP contribution in [0.5, 0.6) is 0 Å². The largest absolute Gasteiger partial charge is 0.481 e. The van der Waals surface area contributed by atoms with Gasteiger partial charge in [-0.3, -0.25) is 14.2 Å². The van der Waals surface area contributed by atoms with Gasteiger partial charge in [0.2, 0.25) is 5.91 Å². The first kappa shape index (κ1) is 14.2. The third-order valence-electron chi connectivity index (χ3n) is 2.98. The lowest BCUT2D eigenvalue weighted by molar-refractivity contribution is -0.148. The molecule has 1 saturated heterocycles. The molecule has 1 aliphatic rings. The smallest absolute Gasteiger partial charge is 0.347 e. The van der Waals surface area contributed by atoms with Gasteiger partial charge >= 0.3 is 11.7 Å². The summed E-state index contributed by atoms with van der Waals surface area (Å²) >= 11 is 0. The van der Waals surface area contributed by atoms with Crippen LogP contribution in [0.1, 0.15) is 6.42 Å². The number of rotatable bonds is 4. The second kappa shape index (κ2) is 6.29. The molecule has 1 atom stereocenters. The van der Waals surface area contributed by atoms with Crippen molar-refractivity contribution in [3.63, 3.8) is 0 Å². The molecule has 1 aliphatic heterocycles. The minimum atomic E-state index is -0.965. The Kier molecular flexibility index (Phi) is 4.46. The van der Waals surface area contributed by atoms with Gasteiger partial charge in [-0.15, -0.1) is 0 Å². The normalized spacial score (nSPS) is 18.8. The molecule has 108 valence electrons. The van der Waals surface area contributed by atoms with Crippen molar-refractivity contribution in [3.8, 4) is 0 Å². The van der Waals surface area contributed by atoms with Crippen LogP contribution in [0.25, 0.3) is 0 Å². The van der Waals surface area contributed by atoms with Crippen LogP contribution in [0, 0.1) is 0 Å². The van der Waals surface area contributed by atoms with Gasteiger partial charge in [0, 0.05) is 25.5 Å². The van der Waals surface area contributed by atoms with E-state index in [1.807, 2.05) is 0 Å². The summed E-state index contributed by atoms with van der Waals surface area (Å²) in [5, 5.41) is 8.73. The molecule has 0 radical (unpaired) electrons. The average Bonchev–Trinajstić information content (AvgIpc) is 2.41. The Labute approximate surface area is 114 Å². The predicted octanol–water partition coefficient (Wildman–Crippen LogP) is -1.05. The van der Waals surface area contributed by atoms with Crippen LogP contribution in [-0.4, -0.2) is 57.2 Å². The number of morpholine rings is 1. The van der Waals surface area contributed by atoms with Gasteiger partial charge in [-0.25, -0.2) is 9.78 Å². The fourth-order valence-corrected chi connectivity index (χ4v) is 2.02. The van der Waals surface area contributed by atoms with E-state index in [1.165, 1.54) is 21.9 Å². The predicted molar refractivity (Wildman–Crippen MR) is 67.1 cm³/mol. The molecule has 0 aliphatic carbocycles. The lowest BCUT2D eigenvalue weighted by atomic mass is 10.2. The van der Waals surface area contributed by atoms with Gasteiger partial charge in [0.15, 0.2) is 0 Å².